The molecule has 1 rings (SSSR count). The van der Waals surface area contributed by atoms with E-state index in [4.69, 9.17) is 11.0 Å². The Bertz CT molecular complexity index is 445. The number of aliphatic hydroxyl groups excluding tert-OH is 1. The molecule has 4 N–H and O–H groups in total. The molecule has 0 aromatic carbocycles. The summed E-state index contributed by atoms with van der Waals surface area (Å²) >= 11 is 0. The zero-order valence-electron chi connectivity index (χ0n) is 11.1. The van der Waals surface area contributed by atoms with E-state index in [9.17, 15) is 5.11 Å². The average Bonchev–Trinajstić information content (AvgIpc) is 2.25. The SMILES string of the molecule is CC(C)(C)CC(O)CNc1ccc(N)c(C#N)n1. The molecule has 1 aromatic rings. The first-order valence-corrected chi connectivity index (χ1v) is 5.90. The lowest BCUT2D eigenvalue weighted by atomic mass is 9.89. The monoisotopic (exact) mass is 248 g/mol. The normalized spacial score (nSPS) is 12.8. The molecule has 1 heterocycles. The Morgan fingerprint density at radius 1 is 1.50 bits per heavy atom. The summed E-state index contributed by atoms with van der Waals surface area (Å²) in [6.07, 6.45) is 0.245. The van der Waals surface area contributed by atoms with E-state index in [1.165, 1.54) is 0 Å². The van der Waals surface area contributed by atoms with Crippen molar-refractivity contribution < 1.29 is 5.11 Å². The van der Waals surface area contributed by atoms with Gasteiger partial charge in [0, 0.05) is 6.54 Å². The van der Waals surface area contributed by atoms with Gasteiger partial charge >= 0.3 is 0 Å². The van der Waals surface area contributed by atoms with E-state index in [-0.39, 0.29) is 11.1 Å². The number of hydrogen-bond acceptors (Lipinski definition) is 5. The minimum Gasteiger partial charge on any atom is -0.396 e. The van der Waals surface area contributed by atoms with Crippen molar-refractivity contribution >= 4 is 11.5 Å². The number of aliphatic hydroxyl groups is 1. The molecule has 0 bridgehead atoms. The lowest BCUT2D eigenvalue weighted by Crippen LogP contribution is -2.25. The molecule has 0 amide bonds. The van der Waals surface area contributed by atoms with Gasteiger partial charge in [0.25, 0.3) is 0 Å². The highest BCUT2D eigenvalue weighted by Crippen LogP contribution is 2.21. The Balaban J connectivity index is 2.57. The molecular formula is C13H20N4O. The second-order valence-electron chi connectivity index (χ2n) is 5.55. The van der Waals surface area contributed by atoms with Crippen LogP contribution >= 0.6 is 0 Å². The second kappa shape index (κ2) is 5.69. The van der Waals surface area contributed by atoms with Gasteiger partial charge in [-0.05, 0) is 24.0 Å². The first-order chi connectivity index (χ1) is 8.31. The predicted octanol–water partition coefficient (Wildman–Crippen LogP) is 1.74. The van der Waals surface area contributed by atoms with Crippen molar-refractivity contribution in [2.24, 2.45) is 5.41 Å². The molecule has 0 fully saturated rings. The molecular weight excluding hydrogens is 228 g/mol. The number of rotatable bonds is 4. The van der Waals surface area contributed by atoms with Crippen molar-refractivity contribution in [2.45, 2.75) is 33.3 Å². The summed E-state index contributed by atoms with van der Waals surface area (Å²) in [7, 11) is 0. The third-order valence-corrected chi connectivity index (χ3v) is 2.40. The van der Waals surface area contributed by atoms with Crippen LogP contribution in [0.25, 0.3) is 0 Å². The van der Waals surface area contributed by atoms with Gasteiger partial charge in [-0.2, -0.15) is 5.26 Å². The number of pyridine rings is 1. The van der Waals surface area contributed by atoms with Crippen LogP contribution in [-0.2, 0) is 0 Å². The van der Waals surface area contributed by atoms with E-state index >= 15 is 0 Å². The Labute approximate surface area is 108 Å². The molecule has 0 aliphatic heterocycles. The van der Waals surface area contributed by atoms with E-state index in [1.807, 2.05) is 6.07 Å². The molecule has 0 spiro atoms. The summed E-state index contributed by atoms with van der Waals surface area (Å²) in [6, 6.07) is 5.25. The number of nitrogens with zero attached hydrogens (tertiary/aromatic N) is 2. The Hall–Kier alpha value is -1.80. The number of nitrogens with two attached hydrogens (primary N) is 1. The minimum atomic E-state index is -0.449. The molecule has 0 saturated heterocycles. The fraction of sp³-hybridized carbons (Fsp3) is 0.538. The zero-order valence-corrected chi connectivity index (χ0v) is 11.1. The highest BCUT2D eigenvalue weighted by Gasteiger charge is 2.16. The Morgan fingerprint density at radius 2 is 2.17 bits per heavy atom. The molecule has 0 radical (unpaired) electrons. The molecule has 0 saturated carbocycles. The van der Waals surface area contributed by atoms with Crippen LogP contribution in [-0.4, -0.2) is 22.7 Å². The fourth-order valence-corrected chi connectivity index (χ4v) is 1.66. The summed E-state index contributed by atoms with van der Waals surface area (Å²) in [5, 5.41) is 21.7. The van der Waals surface area contributed by atoms with Crippen LogP contribution in [0.4, 0.5) is 11.5 Å². The maximum atomic E-state index is 9.85. The van der Waals surface area contributed by atoms with Crippen LogP contribution in [0.1, 0.15) is 32.9 Å². The average molecular weight is 248 g/mol. The van der Waals surface area contributed by atoms with Gasteiger partial charge in [-0.3, -0.25) is 0 Å². The van der Waals surface area contributed by atoms with Gasteiger partial charge in [0.05, 0.1) is 11.8 Å². The molecule has 5 nitrogen and oxygen atoms in total. The van der Waals surface area contributed by atoms with Crippen LogP contribution in [0.5, 0.6) is 0 Å². The van der Waals surface area contributed by atoms with Crippen LogP contribution in [0.2, 0.25) is 0 Å². The van der Waals surface area contributed by atoms with Crippen molar-refractivity contribution in [1.82, 2.24) is 4.98 Å². The third-order valence-electron chi connectivity index (χ3n) is 2.40. The number of nitrogens with one attached hydrogen (secondary N) is 1. The van der Waals surface area contributed by atoms with E-state index in [1.54, 1.807) is 12.1 Å². The van der Waals surface area contributed by atoms with Gasteiger partial charge in [0.1, 0.15) is 11.9 Å². The molecule has 5 heteroatoms. The number of hydrogen-bond donors (Lipinski definition) is 3. The topological polar surface area (TPSA) is 95.0 Å². The summed E-state index contributed by atoms with van der Waals surface area (Å²) in [4.78, 5) is 4.05. The van der Waals surface area contributed by atoms with E-state index in [2.05, 4.69) is 31.1 Å². The number of nitriles is 1. The number of anilines is 2. The lowest BCUT2D eigenvalue weighted by Gasteiger charge is -2.22. The van der Waals surface area contributed by atoms with Gasteiger partial charge in [-0.25, -0.2) is 4.98 Å². The molecule has 1 unspecified atom stereocenters. The van der Waals surface area contributed by atoms with Crippen LogP contribution < -0.4 is 11.1 Å². The van der Waals surface area contributed by atoms with Crippen molar-refractivity contribution in [1.29, 1.82) is 5.26 Å². The standard InChI is InChI=1S/C13H20N4O/c1-13(2,3)6-9(18)8-16-12-5-4-10(15)11(7-14)17-12/h4-5,9,18H,6,8,15H2,1-3H3,(H,16,17). The van der Waals surface area contributed by atoms with Crippen LogP contribution in [0, 0.1) is 16.7 Å². The van der Waals surface area contributed by atoms with Crippen molar-refractivity contribution in [2.75, 3.05) is 17.6 Å². The maximum Gasteiger partial charge on any atom is 0.165 e. The number of aromatic nitrogens is 1. The quantitative estimate of drug-likeness (QED) is 0.754. The lowest BCUT2D eigenvalue weighted by molar-refractivity contribution is 0.132. The van der Waals surface area contributed by atoms with Gasteiger partial charge in [-0.1, -0.05) is 20.8 Å². The summed E-state index contributed by atoms with van der Waals surface area (Å²) in [6.45, 7) is 6.63. The highest BCUT2D eigenvalue weighted by atomic mass is 16.3. The molecule has 0 aliphatic carbocycles. The van der Waals surface area contributed by atoms with Crippen molar-refractivity contribution in [3.05, 3.63) is 17.8 Å². The van der Waals surface area contributed by atoms with Gasteiger partial charge < -0.3 is 16.2 Å². The highest BCUT2D eigenvalue weighted by molar-refractivity contribution is 5.54. The molecule has 98 valence electrons. The first-order valence-electron chi connectivity index (χ1n) is 5.90. The molecule has 18 heavy (non-hydrogen) atoms. The predicted molar refractivity (Wildman–Crippen MR) is 71.9 cm³/mol. The Morgan fingerprint density at radius 3 is 2.72 bits per heavy atom. The summed E-state index contributed by atoms with van der Waals surface area (Å²) in [5.41, 5.74) is 6.21. The Kier molecular flexibility index (Phi) is 4.51. The summed E-state index contributed by atoms with van der Waals surface area (Å²) < 4.78 is 0. The van der Waals surface area contributed by atoms with E-state index in [0.717, 1.165) is 0 Å². The van der Waals surface area contributed by atoms with Crippen molar-refractivity contribution in [3.8, 4) is 6.07 Å². The smallest absolute Gasteiger partial charge is 0.165 e. The molecule has 1 atom stereocenters. The van der Waals surface area contributed by atoms with Gasteiger partial charge in [-0.15, -0.1) is 0 Å². The first kappa shape index (κ1) is 14.3. The van der Waals surface area contributed by atoms with E-state index in [0.29, 0.717) is 24.5 Å². The van der Waals surface area contributed by atoms with Crippen LogP contribution in [0.15, 0.2) is 12.1 Å². The van der Waals surface area contributed by atoms with Gasteiger partial charge in [0.2, 0.25) is 0 Å². The van der Waals surface area contributed by atoms with Crippen molar-refractivity contribution in [3.63, 3.8) is 0 Å². The molecule has 0 aliphatic rings. The van der Waals surface area contributed by atoms with Crippen LogP contribution in [0.3, 0.4) is 0 Å². The summed E-state index contributed by atoms with van der Waals surface area (Å²) in [5.74, 6) is 0.550. The maximum absolute atomic E-state index is 9.85. The largest absolute Gasteiger partial charge is 0.396 e. The fourth-order valence-electron chi connectivity index (χ4n) is 1.66. The van der Waals surface area contributed by atoms with Gasteiger partial charge in [0.15, 0.2) is 5.69 Å². The molecule has 1 aromatic heterocycles. The minimum absolute atomic E-state index is 0.0768. The van der Waals surface area contributed by atoms with E-state index < -0.39 is 6.10 Å². The number of nitrogen functional groups attached to an aromatic ring is 1. The zero-order chi connectivity index (χ0) is 13.8. The third kappa shape index (κ3) is 4.60. The second-order valence-corrected chi connectivity index (χ2v) is 5.55.